The molecule has 2 aromatic carbocycles. The molecule has 0 bridgehead atoms. The Morgan fingerprint density at radius 2 is 1.87 bits per heavy atom. The van der Waals surface area contributed by atoms with E-state index in [0.717, 1.165) is 18.4 Å². The molecule has 9 heteroatoms. The van der Waals surface area contributed by atoms with Gasteiger partial charge in [0.2, 0.25) is 17.7 Å². The maximum Gasteiger partial charge on any atom is 0.249 e. The highest BCUT2D eigenvalue weighted by Crippen LogP contribution is 2.36. The second-order valence-electron chi connectivity index (χ2n) is 10.7. The van der Waals surface area contributed by atoms with Crippen LogP contribution in [-0.4, -0.2) is 52.0 Å². The van der Waals surface area contributed by atoms with E-state index in [2.05, 4.69) is 10.6 Å². The third-order valence-electron chi connectivity index (χ3n) is 6.95. The summed E-state index contributed by atoms with van der Waals surface area (Å²) in [4.78, 5) is 40.7. The topological polar surface area (TPSA) is 108 Å². The number of likely N-dealkylation sites (tertiary alicyclic amines) is 1. The maximum absolute atomic E-state index is 13.4. The van der Waals surface area contributed by atoms with Crippen LogP contribution < -0.4 is 15.4 Å². The summed E-state index contributed by atoms with van der Waals surface area (Å²) < 4.78 is 19.0. The quantitative estimate of drug-likeness (QED) is 0.439. The average Bonchev–Trinajstić information content (AvgIpc) is 3.68. The molecular weight excluding hydrogens is 489 g/mol. The van der Waals surface area contributed by atoms with Crippen LogP contribution in [0.1, 0.15) is 57.9 Å². The van der Waals surface area contributed by atoms with Crippen molar-refractivity contribution in [2.24, 2.45) is 5.92 Å². The zero-order chi connectivity index (χ0) is 27.3. The average molecular weight is 526 g/mol. The van der Waals surface area contributed by atoms with E-state index >= 15 is 0 Å². The first-order valence-corrected chi connectivity index (χ1v) is 13.3. The number of hydrogen-bond donors (Lipinski definition) is 3. The van der Waals surface area contributed by atoms with Crippen LogP contribution in [0.3, 0.4) is 0 Å². The summed E-state index contributed by atoms with van der Waals surface area (Å²) in [6.07, 6.45) is 2.22. The SMILES string of the molecule is CC(C)C[C@H](O)C(=O)NC1(C(=O)N[C@H]2CCCCN(Cc3cccc(Oc4ccc(F)cc4)c3)C2=O)CC1. The number of hydrogen-bond acceptors (Lipinski definition) is 5. The van der Waals surface area contributed by atoms with Gasteiger partial charge in [0.15, 0.2) is 0 Å². The molecule has 3 N–H and O–H groups in total. The number of nitrogens with zero attached hydrogens (tertiary/aromatic N) is 1. The first-order valence-electron chi connectivity index (χ1n) is 13.3. The van der Waals surface area contributed by atoms with Crippen molar-refractivity contribution < 1.29 is 28.6 Å². The first-order chi connectivity index (χ1) is 18.1. The van der Waals surface area contributed by atoms with E-state index in [9.17, 15) is 23.9 Å². The molecule has 0 aromatic heterocycles. The summed E-state index contributed by atoms with van der Waals surface area (Å²) in [7, 11) is 0. The maximum atomic E-state index is 13.4. The highest BCUT2D eigenvalue weighted by atomic mass is 19.1. The van der Waals surface area contributed by atoms with Gasteiger partial charge in [-0.1, -0.05) is 26.0 Å². The van der Waals surface area contributed by atoms with Gasteiger partial charge >= 0.3 is 0 Å². The summed E-state index contributed by atoms with van der Waals surface area (Å²) in [6.45, 7) is 4.75. The Bertz CT molecular complexity index is 1150. The number of carbonyl (C=O) groups is 3. The second-order valence-corrected chi connectivity index (χ2v) is 10.7. The zero-order valence-corrected chi connectivity index (χ0v) is 21.9. The number of amides is 3. The van der Waals surface area contributed by atoms with Crippen molar-refractivity contribution in [2.75, 3.05) is 6.54 Å². The third-order valence-corrected chi connectivity index (χ3v) is 6.95. The van der Waals surface area contributed by atoms with Gasteiger partial charge in [0.25, 0.3) is 0 Å². The van der Waals surface area contributed by atoms with Crippen LogP contribution in [0.15, 0.2) is 48.5 Å². The van der Waals surface area contributed by atoms with Crippen LogP contribution in [0.2, 0.25) is 0 Å². The van der Waals surface area contributed by atoms with Crippen LogP contribution in [0.4, 0.5) is 4.39 Å². The Kier molecular flexibility index (Phi) is 8.66. The molecule has 8 nitrogen and oxygen atoms in total. The minimum absolute atomic E-state index is 0.143. The number of halogens is 1. The van der Waals surface area contributed by atoms with Crippen LogP contribution in [0.5, 0.6) is 11.5 Å². The van der Waals surface area contributed by atoms with Gasteiger partial charge in [-0.3, -0.25) is 14.4 Å². The van der Waals surface area contributed by atoms with E-state index in [4.69, 9.17) is 4.74 Å². The number of benzene rings is 2. The monoisotopic (exact) mass is 525 g/mol. The molecule has 2 aliphatic rings. The molecule has 0 spiro atoms. The third kappa shape index (κ3) is 7.10. The minimum atomic E-state index is -1.17. The van der Waals surface area contributed by atoms with Gasteiger partial charge in [-0.2, -0.15) is 0 Å². The fourth-order valence-electron chi connectivity index (χ4n) is 4.67. The largest absolute Gasteiger partial charge is 0.457 e. The predicted molar refractivity (Wildman–Crippen MR) is 140 cm³/mol. The lowest BCUT2D eigenvalue weighted by Gasteiger charge is -2.27. The standard InChI is InChI=1S/C29H36FN3O5/c1-19(2)16-25(34)26(35)32-29(13-14-29)28(37)31-24-8-3-4-15-33(27(24)36)18-20-6-5-7-23(17-20)38-22-11-9-21(30)10-12-22/h5-7,9-12,17,19,24-25,34H,3-4,8,13-16,18H2,1-2H3,(H,31,37)(H,32,35)/t24-,25-/m0/s1. The molecule has 1 saturated heterocycles. The smallest absolute Gasteiger partial charge is 0.249 e. The lowest BCUT2D eigenvalue weighted by atomic mass is 10.0. The van der Waals surface area contributed by atoms with E-state index in [1.54, 1.807) is 23.1 Å². The molecule has 4 rings (SSSR count). The highest BCUT2D eigenvalue weighted by Gasteiger charge is 2.52. The predicted octanol–water partition coefficient (Wildman–Crippen LogP) is 3.67. The minimum Gasteiger partial charge on any atom is -0.457 e. The molecular formula is C29H36FN3O5. The second kappa shape index (κ2) is 11.9. The van der Waals surface area contributed by atoms with E-state index < -0.39 is 23.6 Å². The summed E-state index contributed by atoms with van der Waals surface area (Å²) in [5.74, 6) is -0.207. The fourth-order valence-corrected chi connectivity index (χ4v) is 4.67. The first kappa shape index (κ1) is 27.6. The molecule has 2 atom stereocenters. The van der Waals surface area contributed by atoms with Gasteiger partial charge in [-0.15, -0.1) is 0 Å². The normalized spacial score (nSPS) is 19.4. The van der Waals surface area contributed by atoms with E-state index in [1.165, 1.54) is 12.1 Å². The van der Waals surface area contributed by atoms with Crippen molar-refractivity contribution in [1.82, 2.24) is 15.5 Å². The lowest BCUT2D eigenvalue weighted by molar-refractivity contribution is -0.138. The molecule has 1 aliphatic carbocycles. The van der Waals surface area contributed by atoms with Crippen molar-refractivity contribution in [1.29, 1.82) is 0 Å². The van der Waals surface area contributed by atoms with Gasteiger partial charge < -0.3 is 25.4 Å². The number of nitrogens with one attached hydrogen (secondary N) is 2. The van der Waals surface area contributed by atoms with Gasteiger partial charge in [-0.25, -0.2) is 4.39 Å². The van der Waals surface area contributed by atoms with Gasteiger partial charge in [0, 0.05) is 13.1 Å². The molecule has 3 amide bonds. The van der Waals surface area contributed by atoms with Crippen LogP contribution in [0.25, 0.3) is 0 Å². The van der Waals surface area contributed by atoms with E-state index in [-0.39, 0.29) is 23.5 Å². The van der Waals surface area contributed by atoms with Crippen molar-refractivity contribution >= 4 is 17.7 Å². The highest BCUT2D eigenvalue weighted by molar-refractivity contribution is 5.97. The van der Waals surface area contributed by atoms with Crippen molar-refractivity contribution in [3.8, 4) is 11.5 Å². The molecule has 2 aromatic rings. The van der Waals surface area contributed by atoms with Crippen LogP contribution in [0, 0.1) is 11.7 Å². The van der Waals surface area contributed by atoms with E-state index in [1.807, 2.05) is 32.0 Å². The molecule has 1 aliphatic heterocycles. The molecule has 1 saturated carbocycles. The Morgan fingerprint density at radius 1 is 1.13 bits per heavy atom. The summed E-state index contributed by atoms with van der Waals surface area (Å²) in [5.41, 5.74) is -0.187. The summed E-state index contributed by atoms with van der Waals surface area (Å²) in [5, 5.41) is 15.7. The van der Waals surface area contributed by atoms with Crippen LogP contribution in [-0.2, 0) is 20.9 Å². The van der Waals surface area contributed by atoms with Crippen molar-refractivity contribution in [3.05, 3.63) is 59.9 Å². The Morgan fingerprint density at radius 3 is 2.55 bits per heavy atom. The molecule has 0 unspecified atom stereocenters. The number of ether oxygens (including phenoxy) is 1. The van der Waals surface area contributed by atoms with Gasteiger partial charge in [0.1, 0.15) is 35.0 Å². The molecule has 204 valence electrons. The lowest BCUT2D eigenvalue weighted by Crippen LogP contribution is -2.56. The zero-order valence-electron chi connectivity index (χ0n) is 21.9. The summed E-state index contributed by atoms with van der Waals surface area (Å²) >= 11 is 0. The van der Waals surface area contributed by atoms with Gasteiger partial charge in [0.05, 0.1) is 0 Å². The number of aliphatic hydroxyl groups excluding tert-OH is 1. The van der Waals surface area contributed by atoms with Crippen LogP contribution >= 0.6 is 0 Å². The molecule has 38 heavy (non-hydrogen) atoms. The summed E-state index contributed by atoms with van der Waals surface area (Å²) in [6, 6.07) is 12.4. The molecule has 1 heterocycles. The number of carbonyl (C=O) groups excluding carboxylic acids is 3. The molecule has 0 radical (unpaired) electrons. The number of rotatable bonds is 10. The fraction of sp³-hybridized carbons (Fsp3) is 0.483. The van der Waals surface area contributed by atoms with Crippen molar-refractivity contribution in [3.63, 3.8) is 0 Å². The Hall–Kier alpha value is -3.46. The Labute approximate surface area is 222 Å². The van der Waals surface area contributed by atoms with E-state index in [0.29, 0.717) is 50.3 Å². The van der Waals surface area contributed by atoms with Crippen molar-refractivity contribution in [2.45, 2.75) is 76.6 Å². The van der Waals surface area contributed by atoms with Gasteiger partial charge in [-0.05, 0) is 86.4 Å². The Balaban J connectivity index is 1.37. The number of aliphatic hydroxyl groups is 1. The molecule has 2 fully saturated rings.